The first kappa shape index (κ1) is 16.1. The van der Waals surface area contributed by atoms with Gasteiger partial charge in [-0.05, 0) is 40.4 Å². The fourth-order valence-corrected chi connectivity index (χ4v) is 3.11. The average molecular weight is 374 g/mol. The molecule has 1 atom stereocenters. The molecule has 0 aromatic carbocycles. The molecule has 0 aliphatic heterocycles. The van der Waals surface area contributed by atoms with Gasteiger partial charge < -0.3 is 9.52 Å². The molecule has 0 amide bonds. The number of carboxylic acid groups (broad SMARTS) is 1. The number of carbonyl (C=O) groups is 1. The largest absolute Gasteiger partial charge is 0.480 e. The molecule has 8 heteroatoms. The number of nitrogens with zero attached hydrogens (tertiary/aromatic N) is 2. The predicted molar refractivity (Wildman–Crippen MR) is 83.0 cm³/mol. The van der Waals surface area contributed by atoms with Gasteiger partial charge >= 0.3 is 5.97 Å². The van der Waals surface area contributed by atoms with Crippen molar-refractivity contribution in [2.75, 3.05) is 0 Å². The van der Waals surface area contributed by atoms with Gasteiger partial charge in [0.25, 0.3) is 5.89 Å². The Morgan fingerprint density at radius 2 is 2.24 bits per heavy atom. The molecule has 21 heavy (non-hydrogen) atoms. The maximum Gasteiger partial charge on any atom is 0.320 e. The number of thiophene rings is 1. The number of hydrogen-bond donors (Lipinski definition) is 2. The molecular formula is C13H16BrN3O3S. The quantitative estimate of drug-likeness (QED) is 0.774. The monoisotopic (exact) mass is 373 g/mol. The summed E-state index contributed by atoms with van der Waals surface area (Å²) in [6.07, 6.45) is 0.550. The van der Waals surface area contributed by atoms with Gasteiger partial charge in [0.15, 0.2) is 0 Å². The van der Waals surface area contributed by atoms with Gasteiger partial charge in [0, 0.05) is 0 Å². The molecule has 1 unspecified atom stereocenters. The van der Waals surface area contributed by atoms with E-state index in [1.165, 1.54) is 11.3 Å². The first-order valence-electron chi connectivity index (χ1n) is 6.50. The third kappa shape index (κ3) is 4.62. The zero-order valence-corrected chi connectivity index (χ0v) is 14.1. The van der Waals surface area contributed by atoms with Crippen molar-refractivity contribution in [3.05, 3.63) is 21.8 Å². The summed E-state index contributed by atoms with van der Waals surface area (Å²) in [4.78, 5) is 12.0. The van der Waals surface area contributed by atoms with Crippen molar-refractivity contribution in [2.24, 2.45) is 5.92 Å². The molecule has 114 valence electrons. The van der Waals surface area contributed by atoms with Gasteiger partial charge in [-0.2, -0.15) is 0 Å². The standard InChI is InChI=1S/C13H16BrN3O3S/c1-7(2)5-8(13(18)19)15-6-11-16-17-12(20-11)9-3-4-10(14)21-9/h3-4,7-8,15H,5-6H2,1-2H3,(H,18,19). The van der Waals surface area contributed by atoms with Crippen LogP contribution in [0.2, 0.25) is 0 Å². The van der Waals surface area contributed by atoms with Crippen LogP contribution in [0, 0.1) is 5.92 Å². The average Bonchev–Trinajstić information content (AvgIpc) is 3.02. The van der Waals surface area contributed by atoms with Crippen LogP contribution < -0.4 is 5.32 Å². The summed E-state index contributed by atoms with van der Waals surface area (Å²) in [5.74, 6) is 0.244. The summed E-state index contributed by atoms with van der Waals surface area (Å²) in [5, 5.41) is 20.0. The van der Waals surface area contributed by atoms with Gasteiger partial charge in [-0.3, -0.25) is 10.1 Å². The highest BCUT2D eigenvalue weighted by Gasteiger charge is 2.19. The van der Waals surface area contributed by atoms with Gasteiger partial charge in [0.05, 0.1) is 15.2 Å². The van der Waals surface area contributed by atoms with Crippen molar-refractivity contribution >= 4 is 33.2 Å². The number of aliphatic carboxylic acids is 1. The van der Waals surface area contributed by atoms with E-state index in [1.54, 1.807) is 0 Å². The molecule has 0 fully saturated rings. The Morgan fingerprint density at radius 3 is 2.81 bits per heavy atom. The Balaban J connectivity index is 1.97. The van der Waals surface area contributed by atoms with E-state index in [-0.39, 0.29) is 6.54 Å². The Labute approximate surface area is 134 Å². The highest BCUT2D eigenvalue weighted by atomic mass is 79.9. The fraction of sp³-hybridized carbons (Fsp3) is 0.462. The number of carboxylic acids is 1. The zero-order chi connectivity index (χ0) is 15.4. The first-order valence-corrected chi connectivity index (χ1v) is 8.11. The summed E-state index contributed by atoms with van der Waals surface area (Å²) in [7, 11) is 0. The van der Waals surface area contributed by atoms with Crippen molar-refractivity contribution < 1.29 is 14.3 Å². The minimum atomic E-state index is -0.870. The van der Waals surface area contributed by atoms with Crippen molar-refractivity contribution in [1.82, 2.24) is 15.5 Å². The van der Waals surface area contributed by atoms with Crippen LogP contribution in [0.5, 0.6) is 0 Å². The van der Waals surface area contributed by atoms with Crippen LogP contribution in [0.25, 0.3) is 10.8 Å². The van der Waals surface area contributed by atoms with Crippen LogP contribution in [0.4, 0.5) is 0 Å². The molecule has 2 heterocycles. The van der Waals surface area contributed by atoms with Gasteiger partial charge in [-0.25, -0.2) is 0 Å². The molecule has 0 radical (unpaired) electrons. The van der Waals surface area contributed by atoms with E-state index in [0.717, 1.165) is 8.66 Å². The Hall–Kier alpha value is -1.25. The molecule has 2 aromatic heterocycles. The number of nitrogens with one attached hydrogen (secondary N) is 1. The van der Waals surface area contributed by atoms with E-state index in [9.17, 15) is 4.79 Å². The van der Waals surface area contributed by atoms with Crippen LogP contribution >= 0.6 is 27.3 Å². The lowest BCUT2D eigenvalue weighted by atomic mass is 10.0. The molecule has 2 N–H and O–H groups in total. The van der Waals surface area contributed by atoms with Crippen LogP contribution in [-0.2, 0) is 11.3 Å². The maximum absolute atomic E-state index is 11.2. The fourth-order valence-electron chi connectivity index (χ4n) is 1.81. The summed E-state index contributed by atoms with van der Waals surface area (Å²) >= 11 is 4.87. The van der Waals surface area contributed by atoms with E-state index >= 15 is 0 Å². The molecule has 0 saturated carbocycles. The van der Waals surface area contributed by atoms with E-state index in [1.807, 2.05) is 26.0 Å². The minimum absolute atomic E-state index is 0.239. The molecule has 0 spiro atoms. The van der Waals surface area contributed by atoms with Gasteiger partial charge in [-0.1, -0.05) is 13.8 Å². The second kappa shape index (κ2) is 7.15. The Morgan fingerprint density at radius 1 is 1.48 bits per heavy atom. The van der Waals surface area contributed by atoms with Crippen LogP contribution in [0.15, 0.2) is 20.3 Å². The topological polar surface area (TPSA) is 88.3 Å². The van der Waals surface area contributed by atoms with E-state index in [0.29, 0.717) is 24.1 Å². The number of aromatic nitrogens is 2. The van der Waals surface area contributed by atoms with E-state index in [2.05, 4.69) is 31.4 Å². The summed E-state index contributed by atoms with van der Waals surface area (Å²) in [6, 6.07) is 3.18. The van der Waals surface area contributed by atoms with Crippen LogP contribution in [-0.4, -0.2) is 27.3 Å². The molecular weight excluding hydrogens is 358 g/mol. The van der Waals surface area contributed by atoms with Crippen molar-refractivity contribution in [3.8, 4) is 10.8 Å². The molecule has 0 saturated heterocycles. The summed E-state index contributed by atoms with van der Waals surface area (Å²) < 4.78 is 6.51. The molecule has 0 aliphatic rings. The number of rotatable bonds is 7. The lowest BCUT2D eigenvalue weighted by Gasteiger charge is -2.14. The van der Waals surface area contributed by atoms with Gasteiger partial charge in [0.2, 0.25) is 5.89 Å². The number of halogens is 1. The van der Waals surface area contributed by atoms with Crippen LogP contribution in [0.1, 0.15) is 26.2 Å². The van der Waals surface area contributed by atoms with Crippen molar-refractivity contribution in [3.63, 3.8) is 0 Å². The molecule has 0 bridgehead atoms. The van der Waals surface area contributed by atoms with Crippen molar-refractivity contribution in [2.45, 2.75) is 32.9 Å². The van der Waals surface area contributed by atoms with E-state index < -0.39 is 12.0 Å². The zero-order valence-electron chi connectivity index (χ0n) is 11.7. The Kier molecular flexibility index (Phi) is 5.49. The predicted octanol–water partition coefficient (Wildman–Crippen LogP) is 3.15. The maximum atomic E-state index is 11.2. The molecule has 2 aromatic rings. The molecule has 6 nitrogen and oxygen atoms in total. The Bertz CT molecular complexity index is 611. The number of hydrogen-bond acceptors (Lipinski definition) is 6. The minimum Gasteiger partial charge on any atom is -0.480 e. The SMILES string of the molecule is CC(C)CC(NCc1nnc(-c2ccc(Br)s2)o1)C(=O)O. The first-order chi connectivity index (χ1) is 9.95. The van der Waals surface area contributed by atoms with Gasteiger partial charge in [0.1, 0.15) is 6.04 Å². The summed E-state index contributed by atoms with van der Waals surface area (Å²) in [5.41, 5.74) is 0. The highest BCUT2D eigenvalue weighted by Crippen LogP contribution is 2.30. The van der Waals surface area contributed by atoms with Crippen LogP contribution in [0.3, 0.4) is 0 Å². The normalized spacial score (nSPS) is 12.8. The third-order valence-electron chi connectivity index (χ3n) is 2.76. The second-order valence-electron chi connectivity index (χ2n) is 5.01. The highest BCUT2D eigenvalue weighted by molar-refractivity contribution is 9.11. The smallest absolute Gasteiger partial charge is 0.320 e. The van der Waals surface area contributed by atoms with Crippen molar-refractivity contribution in [1.29, 1.82) is 0 Å². The second-order valence-corrected chi connectivity index (χ2v) is 7.47. The molecule has 0 aliphatic carbocycles. The van der Waals surface area contributed by atoms with Gasteiger partial charge in [-0.15, -0.1) is 21.5 Å². The third-order valence-corrected chi connectivity index (χ3v) is 4.37. The lowest BCUT2D eigenvalue weighted by Crippen LogP contribution is -2.37. The summed E-state index contributed by atoms with van der Waals surface area (Å²) in [6.45, 7) is 4.21. The molecule has 2 rings (SSSR count). The lowest BCUT2D eigenvalue weighted by molar-refractivity contribution is -0.140. The van der Waals surface area contributed by atoms with E-state index in [4.69, 9.17) is 9.52 Å².